The van der Waals surface area contributed by atoms with E-state index in [9.17, 15) is 0 Å². The van der Waals surface area contributed by atoms with E-state index in [1.807, 2.05) is 60.8 Å². The number of nitriles is 2. The Kier molecular flexibility index (Phi) is 3.09. The molecule has 0 spiro atoms. The first kappa shape index (κ1) is 11.2. The molecule has 0 aromatic carbocycles. The van der Waals surface area contributed by atoms with Gasteiger partial charge in [-0.2, -0.15) is 10.5 Å². The molecule has 2 heterocycles. The van der Waals surface area contributed by atoms with Crippen LogP contribution in [0, 0.1) is 22.7 Å². The topological polar surface area (TPSA) is 50.8 Å². The van der Waals surface area contributed by atoms with Crippen LogP contribution in [-0.2, 0) is 0 Å². The first-order valence-electron chi connectivity index (χ1n) is 4.97. The van der Waals surface area contributed by atoms with Gasteiger partial charge in [0.15, 0.2) is 0 Å². The molecule has 4 heteroatoms. The number of rotatable bonds is 0. The lowest BCUT2D eigenvalue weighted by Crippen LogP contribution is -2.06. The van der Waals surface area contributed by atoms with Gasteiger partial charge in [-0.25, -0.2) is 0 Å². The van der Waals surface area contributed by atoms with E-state index in [0.29, 0.717) is 0 Å². The summed E-state index contributed by atoms with van der Waals surface area (Å²) in [6, 6.07) is 7.56. The molecule has 1 aliphatic heterocycles. The second-order valence-corrected chi connectivity index (χ2v) is 4.60. The summed E-state index contributed by atoms with van der Waals surface area (Å²) in [5, 5.41) is 17.6. The Hall–Kier alpha value is -2.30. The van der Waals surface area contributed by atoms with Crippen LogP contribution in [0.25, 0.3) is 11.1 Å². The van der Waals surface area contributed by atoms with Crippen LogP contribution in [0.5, 0.6) is 0 Å². The molecule has 0 unspecified atom stereocenters. The van der Waals surface area contributed by atoms with Crippen molar-refractivity contribution in [2.75, 3.05) is 7.05 Å². The van der Waals surface area contributed by atoms with Gasteiger partial charge >= 0.3 is 0 Å². The van der Waals surface area contributed by atoms with Crippen LogP contribution in [0.1, 0.15) is 0 Å². The van der Waals surface area contributed by atoms with E-state index < -0.39 is 0 Å². The maximum Gasteiger partial charge on any atom is 0.146 e. The molecule has 3 nitrogen and oxygen atoms in total. The van der Waals surface area contributed by atoms with Crippen molar-refractivity contribution in [1.82, 2.24) is 4.90 Å². The molecule has 0 atom stereocenters. The molecular formula is C13H9N3S. The van der Waals surface area contributed by atoms with Crippen molar-refractivity contribution < 1.29 is 0 Å². The van der Waals surface area contributed by atoms with Crippen molar-refractivity contribution in [3.63, 3.8) is 0 Å². The first-order valence-corrected chi connectivity index (χ1v) is 5.79. The molecule has 82 valence electrons. The van der Waals surface area contributed by atoms with Crippen molar-refractivity contribution in [2.24, 2.45) is 0 Å². The minimum Gasteiger partial charge on any atom is -0.357 e. The second-order valence-electron chi connectivity index (χ2n) is 3.51. The maximum absolute atomic E-state index is 8.79. The van der Waals surface area contributed by atoms with Crippen molar-refractivity contribution in [1.29, 1.82) is 10.5 Å². The minimum atomic E-state index is 0.169. The van der Waals surface area contributed by atoms with Gasteiger partial charge in [-0.3, -0.25) is 0 Å². The molecule has 0 aliphatic carbocycles. The number of nitrogens with zero attached hydrogens (tertiary/aromatic N) is 3. The van der Waals surface area contributed by atoms with Gasteiger partial charge in [0, 0.05) is 24.0 Å². The Balaban J connectivity index is 2.60. The molecule has 0 saturated carbocycles. The highest BCUT2D eigenvalue weighted by Crippen LogP contribution is 2.07. The molecule has 1 aromatic heterocycles. The average molecular weight is 239 g/mol. The summed E-state index contributed by atoms with van der Waals surface area (Å²) in [5.41, 5.74) is 1.26. The average Bonchev–Trinajstić information content (AvgIpc) is 2.81. The molecule has 2 rings (SSSR count). The summed E-state index contributed by atoms with van der Waals surface area (Å²) < 4.78 is 1.78. The molecule has 0 fully saturated rings. The zero-order chi connectivity index (χ0) is 12.3. The summed E-state index contributed by atoms with van der Waals surface area (Å²) in [6.07, 6.45) is 7.95. The van der Waals surface area contributed by atoms with E-state index in [2.05, 4.69) is 0 Å². The Labute approximate surface area is 103 Å². The summed E-state index contributed by atoms with van der Waals surface area (Å²) in [6.45, 7) is 0. The van der Waals surface area contributed by atoms with Gasteiger partial charge < -0.3 is 4.90 Å². The van der Waals surface area contributed by atoms with E-state index >= 15 is 0 Å². The van der Waals surface area contributed by atoms with Crippen molar-refractivity contribution >= 4 is 22.5 Å². The molecule has 0 N–H and O–H groups in total. The molecule has 0 bridgehead atoms. The molecule has 0 radical (unpaired) electrons. The standard InChI is InChI=1S/C13H9N3S/c1-16-6-4-10(5-7-16)12-2-3-13(17-12)11(8-14)9-15/h2-7H,1H3. The van der Waals surface area contributed by atoms with Gasteiger partial charge in [0.25, 0.3) is 0 Å². The second kappa shape index (κ2) is 4.69. The zero-order valence-electron chi connectivity index (χ0n) is 9.21. The lowest BCUT2D eigenvalue weighted by Gasteiger charge is -2.11. The maximum atomic E-state index is 8.79. The van der Waals surface area contributed by atoms with Crippen molar-refractivity contribution in [2.45, 2.75) is 0 Å². The summed E-state index contributed by atoms with van der Waals surface area (Å²) in [7, 11) is 1.96. The fourth-order valence-corrected chi connectivity index (χ4v) is 2.38. The number of thiophene rings is 1. The van der Waals surface area contributed by atoms with E-state index in [0.717, 1.165) is 14.6 Å². The van der Waals surface area contributed by atoms with Gasteiger partial charge in [-0.05, 0) is 29.9 Å². The van der Waals surface area contributed by atoms with Crippen molar-refractivity contribution in [3.8, 4) is 12.1 Å². The summed E-state index contributed by atoms with van der Waals surface area (Å²) in [5.74, 6) is 0. The smallest absolute Gasteiger partial charge is 0.146 e. The highest BCUT2D eigenvalue weighted by Gasteiger charge is 2.00. The molecular weight excluding hydrogens is 230 g/mol. The number of allylic oxidation sites excluding steroid dienone is 2. The molecule has 17 heavy (non-hydrogen) atoms. The third-order valence-electron chi connectivity index (χ3n) is 2.34. The Morgan fingerprint density at radius 1 is 1.18 bits per heavy atom. The van der Waals surface area contributed by atoms with Gasteiger partial charge in [0.2, 0.25) is 0 Å². The third kappa shape index (κ3) is 2.28. The minimum absolute atomic E-state index is 0.169. The summed E-state index contributed by atoms with van der Waals surface area (Å²) >= 11 is 1.46. The van der Waals surface area contributed by atoms with Gasteiger partial charge in [0.1, 0.15) is 17.7 Å². The monoisotopic (exact) mass is 239 g/mol. The third-order valence-corrected chi connectivity index (χ3v) is 3.49. The normalized spacial score (nSPS) is 13.4. The van der Waals surface area contributed by atoms with Crippen LogP contribution in [0.15, 0.2) is 36.7 Å². The number of hydrogen-bond donors (Lipinski definition) is 0. The predicted molar refractivity (Wildman–Crippen MR) is 67.7 cm³/mol. The Morgan fingerprint density at radius 3 is 2.41 bits per heavy atom. The van der Waals surface area contributed by atoms with Gasteiger partial charge in [-0.1, -0.05) is 0 Å². The lowest BCUT2D eigenvalue weighted by atomic mass is 10.2. The number of hydrogen-bond acceptors (Lipinski definition) is 4. The highest BCUT2D eigenvalue weighted by molar-refractivity contribution is 7.08. The van der Waals surface area contributed by atoms with E-state index in [4.69, 9.17) is 10.5 Å². The van der Waals surface area contributed by atoms with E-state index in [-0.39, 0.29) is 5.57 Å². The van der Waals surface area contributed by atoms with Crippen LogP contribution < -0.4 is 9.06 Å². The van der Waals surface area contributed by atoms with Crippen LogP contribution in [0.2, 0.25) is 0 Å². The zero-order valence-corrected chi connectivity index (χ0v) is 10.0. The fourth-order valence-electron chi connectivity index (χ4n) is 1.43. The molecule has 1 aromatic rings. The Bertz CT molecular complexity index is 660. The van der Waals surface area contributed by atoms with E-state index in [1.54, 1.807) is 0 Å². The first-order chi connectivity index (χ1) is 8.24. The highest BCUT2D eigenvalue weighted by atomic mass is 32.1. The van der Waals surface area contributed by atoms with Crippen LogP contribution in [-0.4, -0.2) is 11.9 Å². The fraction of sp³-hybridized carbons (Fsp3) is 0.0769. The SMILES string of the molecule is CN1C=CC(=c2ccc(=C(C#N)C#N)s2)C=C1. The van der Waals surface area contributed by atoms with Crippen molar-refractivity contribution in [3.05, 3.63) is 45.7 Å². The predicted octanol–water partition coefficient (Wildman–Crippen LogP) is 1.07. The molecule has 0 amide bonds. The van der Waals surface area contributed by atoms with Gasteiger partial charge in [0.05, 0.1) is 4.53 Å². The quantitative estimate of drug-likeness (QED) is 0.680. The van der Waals surface area contributed by atoms with E-state index in [1.165, 1.54) is 11.3 Å². The van der Waals surface area contributed by atoms with Crippen LogP contribution in [0.4, 0.5) is 0 Å². The Morgan fingerprint density at radius 2 is 1.82 bits per heavy atom. The summed E-state index contributed by atoms with van der Waals surface area (Å²) in [4.78, 5) is 1.96. The molecule has 1 aliphatic rings. The van der Waals surface area contributed by atoms with Crippen LogP contribution in [0.3, 0.4) is 0 Å². The lowest BCUT2D eigenvalue weighted by molar-refractivity contribution is 0.623. The largest absolute Gasteiger partial charge is 0.357 e. The molecule has 0 saturated heterocycles. The van der Waals surface area contributed by atoms with Gasteiger partial charge in [-0.15, -0.1) is 11.3 Å². The van der Waals surface area contributed by atoms with Crippen LogP contribution >= 0.6 is 11.3 Å².